The molecule has 2 bridgehead atoms. The zero-order chi connectivity index (χ0) is 25.8. The Morgan fingerprint density at radius 2 is 1.71 bits per heavy atom. The Bertz CT molecular complexity index is 945. The number of alkyl carbamates (subject to hydrolysis) is 1. The molecule has 3 N–H and O–H groups in total. The predicted molar refractivity (Wildman–Crippen MR) is 126 cm³/mol. The summed E-state index contributed by atoms with van der Waals surface area (Å²) in [7, 11) is 0. The minimum Gasteiger partial charge on any atom is -0.444 e. The Morgan fingerprint density at radius 1 is 1.03 bits per heavy atom. The average molecular weight is 490 g/mol. The Hall–Kier alpha value is -3.34. The van der Waals surface area contributed by atoms with Crippen LogP contribution in [0, 0.1) is 0 Å². The van der Waals surface area contributed by atoms with Crippen molar-refractivity contribution in [3.05, 3.63) is 35.9 Å². The van der Waals surface area contributed by atoms with Crippen molar-refractivity contribution >= 4 is 23.9 Å². The lowest BCUT2D eigenvalue weighted by molar-refractivity contribution is -0.140. The monoisotopic (exact) mass is 489 g/mol. The van der Waals surface area contributed by atoms with Crippen molar-refractivity contribution in [3.8, 4) is 0 Å². The number of ether oxygens (including phenoxy) is 1. The molecule has 2 atom stereocenters. The van der Waals surface area contributed by atoms with E-state index in [2.05, 4.69) is 16.2 Å². The van der Waals surface area contributed by atoms with Crippen molar-refractivity contribution in [3.63, 3.8) is 0 Å². The van der Waals surface area contributed by atoms with Crippen LogP contribution in [0.2, 0.25) is 0 Å². The van der Waals surface area contributed by atoms with E-state index in [4.69, 9.17) is 9.57 Å². The standard InChI is InChI=1S/C24H35N5O6/c1-23(2,3)35-21(32)25-24(4,5)13-19(30)26-27-20(31)18-12-11-17-14-28(18)22(33)29(17)34-15-16-9-7-6-8-10-16/h6-10,17-18H,11-15H2,1-5H3,(H,25,32)(H,26,30)(H,27,31)/t17-,18-/m0/s1. The Morgan fingerprint density at radius 3 is 2.37 bits per heavy atom. The molecule has 2 heterocycles. The van der Waals surface area contributed by atoms with Gasteiger partial charge in [0.25, 0.3) is 5.91 Å². The highest BCUT2D eigenvalue weighted by molar-refractivity contribution is 5.90. The number of hydroxylamine groups is 2. The summed E-state index contributed by atoms with van der Waals surface area (Å²) in [5.41, 5.74) is 4.16. The van der Waals surface area contributed by atoms with Crippen molar-refractivity contribution in [2.75, 3.05) is 6.54 Å². The van der Waals surface area contributed by atoms with Crippen molar-refractivity contribution in [1.82, 2.24) is 26.1 Å². The Labute approximate surface area is 205 Å². The van der Waals surface area contributed by atoms with E-state index in [1.165, 1.54) is 9.96 Å². The van der Waals surface area contributed by atoms with Crippen molar-refractivity contribution in [1.29, 1.82) is 0 Å². The molecule has 5 amide bonds. The largest absolute Gasteiger partial charge is 0.444 e. The van der Waals surface area contributed by atoms with E-state index in [-0.39, 0.29) is 25.1 Å². The molecule has 11 heteroatoms. The number of benzene rings is 1. The van der Waals surface area contributed by atoms with Crippen LogP contribution in [0.15, 0.2) is 30.3 Å². The maximum atomic E-state index is 12.9. The summed E-state index contributed by atoms with van der Waals surface area (Å²) in [5, 5.41) is 3.99. The van der Waals surface area contributed by atoms with Crippen LogP contribution in [-0.4, -0.2) is 63.7 Å². The first-order valence-electron chi connectivity index (χ1n) is 11.7. The number of carbonyl (C=O) groups excluding carboxylic acids is 4. The molecule has 0 radical (unpaired) electrons. The summed E-state index contributed by atoms with van der Waals surface area (Å²) in [5.74, 6) is -0.971. The Kier molecular flexibility index (Phi) is 7.89. The van der Waals surface area contributed by atoms with E-state index in [9.17, 15) is 19.2 Å². The third-order valence-electron chi connectivity index (χ3n) is 5.61. The fourth-order valence-electron chi connectivity index (χ4n) is 4.07. The number of fused-ring (bicyclic) bond motifs is 2. The molecule has 1 aromatic carbocycles. The smallest absolute Gasteiger partial charge is 0.408 e. The molecular formula is C24H35N5O6. The van der Waals surface area contributed by atoms with Crippen LogP contribution in [0.3, 0.4) is 0 Å². The number of nitrogens with one attached hydrogen (secondary N) is 3. The maximum absolute atomic E-state index is 12.9. The minimum absolute atomic E-state index is 0.0942. The molecule has 0 spiro atoms. The van der Waals surface area contributed by atoms with E-state index in [1.54, 1.807) is 34.6 Å². The first-order valence-corrected chi connectivity index (χ1v) is 11.7. The molecule has 0 saturated carbocycles. The van der Waals surface area contributed by atoms with E-state index in [1.807, 2.05) is 30.3 Å². The van der Waals surface area contributed by atoms with Crippen LogP contribution < -0.4 is 16.2 Å². The maximum Gasteiger partial charge on any atom is 0.408 e. The lowest BCUT2D eigenvalue weighted by Gasteiger charge is -2.30. The molecule has 0 unspecified atom stereocenters. The highest BCUT2D eigenvalue weighted by Gasteiger charge is 2.48. The van der Waals surface area contributed by atoms with Gasteiger partial charge in [0.1, 0.15) is 18.2 Å². The highest BCUT2D eigenvalue weighted by Crippen LogP contribution is 2.30. The first kappa shape index (κ1) is 26.3. The van der Waals surface area contributed by atoms with Gasteiger partial charge in [0.05, 0.1) is 12.5 Å². The number of hydrogen-bond acceptors (Lipinski definition) is 6. The lowest BCUT2D eigenvalue weighted by Crippen LogP contribution is -2.55. The van der Waals surface area contributed by atoms with Gasteiger partial charge in [0, 0.05) is 12.1 Å². The van der Waals surface area contributed by atoms with E-state index in [0.717, 1.165) is 5.56 Å². The fraction of sp³-hybridized carbons (Fsp3) is 0.583. The molecule has 1 aromatic rings. The molecule has 3 rings (SSSR count). The normalized spacial score (nSPS) is 19.9. The minimum atomic E-state index is -0.906. The van der Waals surface area contributed by atoms with Crippen LogP contribution >= 0.6 is 0 Å². The van der Waals surface area contributed by atoms with Gasteiger partial charge in [0.15, 0.2) is 0 Å². The third-order valence-corrected chi connectivity index (χ3v) is 5.61. The fourth-order valence-corrected chi connectivity index (χ4v) is 4.07. The zero-order valence-electron chi connectivity index (χ0n) is 20.9. The number of urea groups is 1. The molecule has 0 aliphatic carbocycles. The average Bonchev–Trinajstić information content (AvgIpc) is 2.98. The predicted octanol–water partition coefficient (Wildman–Crippen LogP) is 2.23. The molecule has 2 aliphatic heterocycles. The van der Waals surface area contributed by atoms with Gasteiger partial charge in [-0.1, -0.05) is 30.3 Å². The number of hydrazine groups is 1. The van der Waals surface area contributed by atoms with Crippen molar-refractivity contribution < 1.29 is 28.8 Å². The zero-order valence-corrected chi connectivity index (χ0v) is 20.9. The molecule has 0 aromatic heterocycles. The lowest BCUT2D eigenvalue weighted by atomic mass is 10.0. The summed E-state index contributed by atoms with van der Waals surface area (Å²) >= 11 is 0. The molecular weight excluding hydrogens is 454 g/mol. The van der Waals surface area contributed by atoms with Gasteiger partial charge in [-0.2, -0.15) is 5.06 Å². The Balaban J connectivity index is 1.47. The first-order chi connectivity index (χ1) is 16.3. The summed E-state index contributed by atoms with van der Waals surface area (Å²) in [6.07, 6.45) is 0.330. The van der Waals surface area contributed by atoms with Gasteiger partial charge < -0.3 is 15.0 Å². The third kappa shape index (κ3) is 7.32. The van der Waals surface area contributed by atoms with Gasteiger partial charge in [0.2, 0.25) is 5.91 Å². The molecule has 35 heavy (non-hydrogen) atoms. The SMILES string of the molecule is CC(C)(CC(=O)NNC(=O)[C@@H]1CC[C@H]2CN1C(=O)N2OCc1ccccc1)NC(=O)OC(C)(C)C. The van der Waals surface area contributed by atoms with Crippen molar-refractivity contribution in [2.45, 2.75) is 83.7 Å². The van der Waals surface area contributed by atoms with Gasteiger partial charge in [-0.25, -0.2) is 9.59 Å². The van der Waals surface area contributed by atoms with E-state index in [0.29, 0.717) is 19.4 Å². The van der Waals surface area contributed by atoms with Crippen LogP contribution in [0.25, 0.3) is 0 Å². The molecule has 2 aliphatic rings. The van der Waals surface area contributed by atoms with Gasteiger partial charge in [-0.3, -0.25) is 25.3 Å². The molecule has 2 saturated heterocycles. The van der Waals surface area contributed by atoms with Gasteiger partial charge >= 0.3 is 12.1 Å². The quantitative estimate of drug-likeness (QED) is 0.504. The van der Waals surface area contributed by atoms with Gasteiger partial charge in [-0.05, 0) is 53.0 Å². The number of rotatable bonds is 7. The molecule has 192 valence electrons. The molecule has 11 nitrogen and oxygen atoms in total. The number of hydrogen-bond donors (Lipinski definition) is 3. The summed E-state index contributed by atoms with van der Waals surface area (Å²) < 4.78 is 5.22. The topological polar surface area (TPSA) is 129 Å². The second kappa shape index (κ2) is 10.5. The summed E-state index contributed by atoms with van der Waals surface area (Å²) in [6.45, 7) is 9.22. The second-order valence-electron chi connectivity index (χ2n) is 10.5. The number of piperidine rings is 1. The van der Waals surface area contributed by atoms with E-state index >= 15 is 0 Å². The summed E-state index contributed by atoms with van der Waals surface area (Å²) in [6, 6.07) is 8.33. The molecule has 2 fully saturated rings. The number of nitrogens with zero attached hydrogens (tertiary/aromatic N) is 2. The number of carbonyl (C=O) groups is 4. The van der Waals surface area contributed by atoms with Gasteiger partial charge in [-0.15, -0.1) is 0 Å². The van der Waals surface area contributed by atoms with Crippen LogP contribution in [0.1, 0.15) is 59.4 Å². The van der Waals surface area contributed by atoms with E-state index < -0.39 is 35.1 Å². The van der Waals surface area contributed by atoms with Crippen LogP contribution in [-0.2, 0) is 25.8 Å². The highest BCUT2D eigenvalue weighted by atomic mass is 16.7. The second-order valence-corrected chi connectivity index (χ2v) is 10.5. The van der Waals surface area contributed by atoms with Crippen LogP contribution in [0.4, 0.5) is 9.59 Å². The van der Waals surface area contributed by atoms with Crippen molar-refractivity contribution in [2.24, 2.45) is 0 Å². The summed E-state index contributed by atoms with van der Waals surface area (Å²) in [4.78, 5) is 57.2. The van der Waals surface area contributed by atoms with Crippen LogP contribution in [0.5, 0.6) is 0 Å². The number of amides is 5.